The summed E-state index contributed by atoms with van der Waals surface area (Å²) < 4.78 is 5.47. The molecule has 1 amide bonds. The molecule has 0 saturated carbocycles. The van der Waals surface area contributed by atoms with Crippen LogP contribution in [0.15, 0.2) is 42.6 Å². The van der Waals surface area contributed by atoms with E-state index in [-0.39, 0.29) is 12.5 Å². The molecule has 2 heterocycles. The third kappa shape index (κ3) is 4.93. The summed E-state index contributed by atoms with van der Waals surface area (Å²) in [7, 11) is 2.13. The molecular weight excluding hydrogens is 316 g/mol. The maximum atomic E-state index is 12.0. The molecule has 1 aliphatic rings. The highest BCUT2D eigenvalue weighted by Gasteiger charge is 2.14. The average Bonchev–Trinajstić information content (AvgIpc) is 2.63. The second kappa shape index (κ2) is 7.98. The highest BCUT2D eigenvalue weighted by Crippen LogP contribution is 2.17. The SMILES string of the molecule is Cc1ccc(OCC(=O)Nc2ccc(N3CCN(C)CC3)cn2)cc1. The molecular formula is C19H24N4O2. The average molecular weight is 340 g/mol. The molecule has 1 aromatic carbocycles. The first-order chi connectivity index (χ1) is 12.1. The van der Waals surface area contributed by atoms with Gasteiger partial charge in [-0.2, -0.15) is 0 Å². The summed E-state index contributed by atoms with van der Waals surface area (Å²) in [5.74, 6) is 0.995. The normalized spacial score (nSPS) is 15.0. The van der Waals surface area contributed by atoms with Crippen LogP contribution in [0, 0.1) is 6.92 Å². The predicted molar refractivity (Wildman–Crippen MR) is 99.3 cm³/mol. The summed E-state index contributed by atoms with van der Waals surface area (Å²) in [4.78, 5) is 20.9. The summed E-state index contributed by atoms with van der Waals surface area (Å²) in [5.41, 5.74) is 2.24. The minimum atomic E-state index is -0.222. The molecule has 0 unspecified atom stereocenters. The van der Waals surface area contributed by atoms with E-state index in [4.69, 9.17) is 4.74 Å². The van der Waals surface area contributed by atoms with Crippen LogP contribution >= 0.6 is 0 Å². The van der Waals surface area contributed by atoms with Crippen LogP contribution in [0.5, 0.6) is 5.75 Å². The fourth-order valence-corrected chi connectivity index (χ4v) is 2.67. The van der Waals surface area contributed by atoms with Gasteiger partial charge in [-0.15, -0.1) is 0 Å². The first kappa shape index (κ1) is 17.2. The lowest BCUT2D eigenvalue weighted by Crippen LogP contribution is -2.44. The minimum absolute atomic E-state index is 0.0368. The van der Waals surface area contributed by atoms with Crippen LogP contribution in [0.3, 0.4) is 0 Å². The zero-order valence-electron chi connectivity index (χ0n) is 14.7. The number of aryl methyl sites for hydroxylation is 1. The fraction of sp³-hybridized carbons (Fsp3) is 0.368. The number of anilines is 2. The van der Waals surface area contributed by atoms with Crippen LogP contribution in [0.25, 0.3) is 0 Å². The Bertz CT molecular complexity index is 692. The van der Waals surface area contributed by atoms with E-state index in [0.29, 0.717) is 11.6 Å². The number of carbonyl (C=O) groups excluding carboxylic acids is 1. The number of nitrogens with one attached hydrogen (secondary N) is 1. The van der Waals surface area contributed by atoms with Gasteiger partial charge in [0, 0.05) is 26.2 Å². The smallest absolute Gasteiger partial charge is 0.263 e. The van der Waals surface area contributed by atoms with Crippen LogP contribution in [0.4, 0.5) is 11.5 Å². The minimum Gasteiger partial charge on any atom is -0.484 e. The number of amides is 1. The van der Waals surface area contributed by atoms with Crippen LogP contribution in [0.1, 0.15) is 5.56 Å². The Morgan fingerprint density at radius 3 is 2.48 bits per heavy atom. The van der Waals surface area contributed by atoms with Crippen molar-refractivity contribution in [3.63, 3.8) is 0 Å². The Kier molecular flexibility index (Phi) is 5.50. The van der Waals surface area contributed by atoms with Gasteiger partial charge in [-0.3, -0.25) is 4.79 Å². The number of carbonyl (C=O) groups is 1. The summed E-state index contributed by atoms with van der Waals surface area (Å²) in [6, 6.07) is 11.4. The van der Waals surface area contributed by atoms with E-state index < -0.39 is 0 Å². The van der Waals surface area contributed by atoms with Gasteiger partial charge in [-0.25, -0.2) is 4.98 Å². The van der Waals surface area contributed by atoms with Crippen LogP contribution in [-0.2, 0) is 4.79 Å². The van der Waals surface area contributed by atoms with Crippen molar-refractivity contribution < 1.29 is 9.53 Å². The molecule has 1 aromatic heterocycles. The molecule has 2 aromatic rings. The Labute approximate surface area is 148 Å². The van der Waals surface area contributed by atoms with E-state index in [0.717, 1.165) is 37.4 Å². The highest BCUT2D eigenvalue weighted by molar-refractivity contribution is 5.91. The topological polar surface area (TPSA) is 57.7 Å². The van der Waals surface area contributed by atoms with Crippen molar-refractivity contribution in [3.8, 4) is 5.75 Å². The molecule has 1 saturated heterocycles. The lowest BCUT2D eigenvalue weighted by Gasteiger charge is -2.33. The molecule has 0 atom stereocenters. The van der Waals surface area contributed by atoms with E-state index in [1.807, 2.05) is 49.5 Å². The van der Waals surface area contributed by atoms with Gasteiger partial charge >= 0.3 is 0 Å². The lowest BCUT2D eigenvalue weighted by atomic mass is 10.2. The van der Waals surface area contributed by atoms with Gasteiger partial charge in [0.2, 0.25) is 0 Å². The van der Waals surface area contributed by atoms with Crippen molar-refractivity contribution in [2.45, 2.75) is 6.92 Å². The van der Waals surface area contributed by atoms with Crippen molar-refractivity contribution in [3.05, 3.63) is 48.2 Å². The van der Waals surface area contributed by atoms with Crippen molar-refractivity contribution in [2.24, 2.45) is 0 Å². The van der Waals surface area contributed by atoms with E-state index in [9.17, 15) is 4.79 Å². The largest absolute Gasteiger partial charge is 0.484 e. The van der Waals surface area contributed by atoms with Crippen molar-refractivity contribution >= 4 is 17.4 Å². The van der Waals surface area contributed by atoms with Crippen molar-refractivity contribution in [1.82, 2.24) is 9.88 Å². The molecule has 132 valence electrons. The Hall–Kier alpha value is -2.60. The van der Waals surface area contributed by atoms with Gasteiger partial charge in [0.05, 0.1) is 11.9 Å². The van der Waals surface area contributed by atoms with Crippen LogP contribution in [0.2, 0.25) is 0 Å². The van der Waals surface area contributed by atoms with E-state index in [1.54, 1.807) is 0 Å². The second-order valence-electron chi connectivity index (χ2n) is 6.34. The number of rotatable bonds is 5. The summed E-state index contributed by atoms with van der Waals surface area (Å²) in [6.07, 6.45) is 1.81. The quantitative estimate of drug-likeness (QED) is 0.904. The van der Waals surface area contributed by atoms with E-state index in [2.05, 4.69) is 27.1 Å². The molecule has 6 nitrogen and oxygen atoms in total. The van der Waals surface area contributed by atoms with Gasteiger partial charge in [0.15, 0.2) is 6.61 Å². The highest BCUT2D eigenvalue weighted by atomic mass is 16.5. The Balaban J connectivity index is 1.49. The van der Waals surface area contributed by atoms with Gasteiger partial charge < -0.3 is 19.9 Å². The zero-order chi connectivity index (χ0) is 17.6. The number of ether oxygens (including phenoxy) is 1. The molecule has 0 bridgehead atoms. The standard InChI is InChI=1S/C19H24N4O2/c1-15-3-6-17(7-4-15)25-14-19(24)21-18-8-5-16(13-20-18)23-11-9-22(2)10-12-23/h3-8,13H,9-12,14H2,1-2H3,(H,20,21,24). The first-order valence-corrected chi connectivity index (χ1v) is 8.49. The van der Waals surface area contributed by atoms with Gasteiger partial charge in [-0.1, -0.05) is 17.7 Å². The zero-order valence-corrected chi connectivity index (χ0v) is 14.7. The van der Waals surface area contributed by atoms with E-state index >= 15 is 0 Å². The summed E-state index contributed by atoms with van der Waals surface area (Å²) in [6.45, 7) is 6.06. The number of pyridine rings is 1. The first-order valence-electron chi connectivity index (χ1n) is 8.49. The van der Waals surface area contributed by atoms with Crippen LogP contribution < -0.4 is 15.0 Å². The molecule has 0 radical (unpaired) electrons. The Morgan fingerprint density at radius 1 is 1.12 bits per heavy atom. The summed E-state index contributed by atoms with van der Waals surface area (Å²) >= 11 is 0. The third-order valence-corrected chi connectivity index (χ3v) is 4.27. The molecule has 6 heteroatoms. The molecule has 25 heavy (non-hydrogen) atoms. The van der Waals surface area contributed by atoms with Crippen LogP contribution in [-0.4, -0.2) is 55.6 Å². The van der Waals surface area contributed by atoms with Gasteiger partial charge in [0.1, 0.15) is 11.6 Å². The second-order valence-corrected chi connectivity index (χ2v) is 6.34. The van der Waals surface area contributed by atoms with Crippen molar-refractivity contribution in [1.29, 1.82) is 0 Å². The maximum absolute atomic E-state index is 12.0. The number of likely N-dealkylation sites (N-methyl/N-ethyl adjacent to an activating group) is 1. The number of aromatic nitrogens is 1. The molecule has 0 aliphatic carbocycles. The van der Waals surface area contributed by atoms with Crippen molar-refractivity contribution in [2.75, 3.05) is 50.1 Å². The number of piperazine rings is 1. The number of hydrogen-bond acceptors (Lipinski definition) is 5. The summed E-state index contributed by atoms with van der Waals surface area (Å²) in [5, 5.41) is 2.76. The monoisotopic (exact) mass is 340 g/mol. The molecule has 1 aliphatic heterocycles. The third-order valence-electron chi connectivity index (χ3n) is 4.27. The number of nitrogens with zero attached hydrogens (tertiary/aromatic N) is 3. The molecule has 1 fully saturated rings. The lowest BCUT2D eigenvalue weighted by molar-refractivity contribution is -0.118. The number of hydrogen-bond donors (Lipinski definition) is 1. The predicted octanol–water partition coefficient (Wildman–Crippen LogP) is 2.16. The maximum Gasteiger partial charge on any atom is 0.263 e. The fourth-order valence-electron chi connectivity index (χ4n) is 2.67. The van der Waals surface area contributed by atoms with Gasteiger partial charge in [-0.05, 0) is 38.2 Å². The molecule has 1 N–H and O–H groups in total. The van der Waals surface area contributed by atoms with E-state index in [1.165, 1.54) is 0 Å². The van der Waals surface area contributed by atoms with Gasteiger partial charge in [0.25, 0.3) is 5.91 Å². The molecule has 0 spiro atoms. The number of benzene rings is 1. The Morgan fingerprint density at radius 2 is 1.84 bits per heavy atom. The molecule has 3 rings (SSSR count).